The third-order valence-electron chi connectivity index (χ3n) is 3.83. The van der Waals surface area contributed by atoms with E-state index in [0.29, 0.717) is 32.6 Å². The van der Waals surface area contributed by atoms with Gasteiger partial charge in [0.2, 0.25) is 5.13 Å². The van der Waals surface area contributed by atoms with Crippen molar-refractivity contribution in [3.63, 3.8) is 0 Å². The second-order valence-electron chi connectivity index (χ2n) is 6.18. The molecule has 10 heteroatoms. The average molecular weight is 490 g/mol. The van der Waals surface area contributed by atoms with Crippen molar-refractivity contribution in [2.24, 2.45) is 5.10 Å². The van der Waals surface area contributed by atoms with E-state index in [-0.39, 0.29) is 12.5 Å². The number of halogens is 1. The van der Waals surface area contributed by atoms with Crippen molar-refractivity contribution >= 4 is 56.0 Å². The second kappa shape index (κ2) is 10.1. The molecule has 0 saturated carbocycles. The van der Waals surface area contributed by atoms with Gasteiger partial charge in [0.05, 0.1) is 17.8 Å². The minimum atomic E-state index is -0.273. The number of ether oxygens (including phenoxy) is 2. The van der Waals surface area contributed by atoms with E-state index in [9.17, 15) is 4.79 Å². The number of methoxy groups -OCH3 is 1. The Morgan fingerprint density at radius 1 is 1.33 bits per heavy atom. The van der Waals surface area contributed by atoms with Crippen molar-refractivity contribution in [2.45, 2.75) is 6.92 Å². The van der Waals surface area contributed by atoms with Gasteiger partial charge in [0.1, 0.15) is 5.82 Å². The number of hydrogen-bond donors (Lipinski definition) is 3. The summed E-state index contributed by atoms with van der Waals surface area (Å²) in [5, 5.41) is 9.24. The number of nitrogens with one attached hydrogen (secondary N) is 2. The second-order valence-corrected chi connectivity index (χ2v) is 7.90. The molecule has 0 bridgehead atoms. The van der Waals surface area contributed by atoms with E-state index < -0.39 is 0 Å². The number of nitrogens with zero attached hydrogens (tertiary/aromatic N) is 2. The first-order valence-corrected chi connectivity index (χ1v) is 10.5. The number of nitrogens with two attached hydrogens (primary N) is 1. The van der Waals surface area contributed by atoms with Crippen LogP contribution in [0.3, 0.4) is 0 Å². The maximum Gasteiger partial charge on any atom is 0.262 e. The molecule has 4 N–H and O–H groups in total. The van der Waals surface area contributed by atoms with Crippen LogP contribution in [0.4, 0.5) is 16.6 Å². The largest absolute Gasteiger partial charge is 0.493 e. The van der Waals surface area contributed by atoms with E-state index in [2.05, 4.69) is 36.8 Å². The van der Waals surface area contributed by atoms with Crippen LogP contribution < -0.4 is 25.9 Å². The normalized spacial score (nSPS) is 10.8. The molecule has 30 heavy (non-hydrogen) atoms. The van der Waals surface area contributed by atoms with Gasteiger partial charge in [-0.1, -0.05) is 17.7 Å². The number of carbonyl (C=O) groups excluding carboxylic acids is 1. The number of carbonyl (C=O) groups is 1. The number of aromatic nitrogens is 1. The molecular formula is C20H20BrN5O3S. The van der Waals surface area contributed by atoms with E-state index in [4.69, 9.17) is 15.2 Å². The van der Waals surface area contributed by atoms with Crippen LogP contribution in [-0.2, 0) is 4.79 Å². The molecule has 0 aliphatic rings. The zero-order valence-electron chi connectivity index (χ0n) is 16.3. The van der Waals surface area contributed by atoms with Gasteiger partial charge < -0.3 is 20.5 Å². The highest BCUT2D eigenvalue weighted by Crippen LogP contribution is 2.36. The number of hydrazone groups is 1. The number of hydrogen-bond acceptors (Lipinski definition) is 8. The molecule has 0 fully saturated rings. The third kappa shape index (κ3) is 5.94. The van der Waals surface area contributed by atoms with Crippen molar-refractivity contribution < 1.29 is 14.3 Å². The van der Waals surface area contributed by atoms with Crippen LogP contribution in [0.1, 0.15) is 11.1 Å². The van der Waals surface area contributed by atoms with Gasteiger partial charge in [-0.15, -0.1) is 11.3 Å². The topological polar surface area (TPSA) is 111 Å². The molecule has 1 heterocycles. The van der Waals surface area contributed by atoms with Crippen LogP contribution in [0, 0.1) is 6.92 Å². The Bertz CT molecular complexity index is 1050. The summed E-state index contributed by atoms with van der Waals surface area (Å²) in [5.74, 6) is 1.06. The Morgan fingerprint density at radius 2 is 2.10 bits per heavy atom. The van der Waals surface area contributed by atoms with Gasteiger partial charge in [-0.3, -0.25) is 10.2 Å². The Kier molecular flexibility index (Phi) is 7.26. The van der Waals surface area contributed by atoms with Crippen molar-refractivity contribution in [1.82, 2.24) is 4.98 Å². The van der Waals surface area contributed by atoms with Gasteiger partial charge >= 0.3 is 0 Å². The summed E-state index contributed by atoms with van der Waals surface area (Å²) in [7, 11) is 1.53. The van der Waals surface area contributed by atoms with Crippen LogP contribution in [0.5, 0.6) is 11.5 Å². The molecule has 8 nitrogen and oxygen atoms in total. The van der Waals surface area contributed by atoms with Crippen LogP contribution in [0.2, 0.25) is 0 Å². The molecule has 0 saturated heterocycles. The van der Waals surface area contributed by atoms with E-state index in [1.807, 2.05) is 31.2 Å². The van der Waals surface area contributed by atoms with Gasteiger partial charge in [-0.05, 0) is 52.7 Å². The lowest BCUT2D eigenvalue weighted by Crippen LogP contribution is -2.20. The molecule has 156 valence electrons. The van der Waals surface area contributed by atoms with Crippen molar-refractivity contribution in [2.75, 3.05) is 30.2 Å². The van der Waals surface area contributed by atoms with Gasteiger partial charge in [-0.2, -0.15) is 5.10 Å². The van der Waals surface area contributed by atoms with Crippen LogP contribution in [-0.4, -0.2) is 30.8 Å². The predicted molar refractivity (Wildman–Crippen MR) is 124 cm³/mol. The molecule has 0 radical (unpaired) electrons. The fraction of sp³-hybridized carbons (Fsp3) is 0.150. The highest BCUT2D eigenvalue weighted by atomic mass is 79.9. The first-order valence-electron chi connectivity index (χ1n) is 8.81. The Morgan fingerprint density at radius 3 is 2.77 bits per heavy atom. The SMILES string of the molecule is COc1cc(C=NNc2nc(N)cs2)cc(Br)c1OCC(=O)Nc1ccc(C)cc1. The molecule has 0 unspecified atom stereocenters. The fourth-order valence-electron chi connectivity index (χ4n) is 2.43. The third-order valence-corrected chi connectivity index (χ3v) is 5.18. The van der Waals surface area contributed by atoms with E-state index in [0.717, 1.165) is 11.1 Å². The molecule has 0 aliphatic carbocycles. The minimum absolute atomic E-state index is 0.163. The van der Waals surface area contributed by atoms with Crippen molar-refractivity contribution in [1.29, 1.82) is 0 Å². The van der Waals surface area contributed by atoms with Gasteiger partial charge in [0, 0.05) is 11.1 Å². The number of benzene rings is 2. The zero-order valence-corrected chi connectivity index (χ0v) is 18.7. The highest BCUT2D eigenvalue weighted by Gasteiger charge is 2.13. The molecule has 3 aromatic rings. The average Bonchev–Trinajstić information content (AvgIpc) is 3.13. The standard InChI is InChI=1S/C20H20BrN5O3S/c1-12-3-5-14(6-4-12)24-18(27)10-29-19-15(21)7-13(8-16(19)28-2)9-23-26-20-25-17(22)11-30-20/h3-9,11H,10,22H2,1-2H3,(H,24,27)(H,25,26). The Balaban J connectivity index is 1.63. The summed E-state index contributed by atoms with van der Waals surface area (Å²) in [6.07, 6.45) is 1.61. The Labute approximate surface area is 186 Å². The van der Waals surface area contributed by atoms with Gasteiger partial charge in [-0.25, -0.2) is 4.98 Å². The molecule has 0 atom stereocenters. The summed E-state index contributed by atoms with van der Waals surface area (Å²) < 4.78 is 11.7. The maximum atomic E-state index is 12.2. The summed E-state index contributed by atoms with van der Waals surface area (Å²) >= 11 is 4.81. The van der Waals surface area contributed by atoms with Gasteiger partial charge in [0.25, 0.3) is 5.91 Å². The van der Waals surface area contributed by atoms with Crippen molar-refractivity contribution in [3.05, 3.63) is 57.4 Å². The molecule has 1 amide bonds. The Hall–Kier alpha value is -3.11. The summed E-state index contributed by atoms with van der Waals surface area (Å²) in [6, 6.07) is 11.1. The van der Waals surface area contributed by atoms with E-state index in [1.54, 1.807) is 23.7 Å². The summed E-state index contributed by atoms with van der Waals surface area (Å²) in [5.41, 5.74) is 11.0. The fourth-order valence-corrected chi connectivity index (χ4v) is 3.55. The molecular weight excluding hydrogens is 470 g/mol. The number of amides is 1. The number of nitrogen functional groups attached to an aromatic ring is 1. The molecule has 3 rings (SSSR count). The lowest BCUT2D eigenvalue weighted by Gasteiger charge is -2.13. The molecule has 2 aromatic carbocycles. The highest BCUT2D eigenvalue weighted by molar-refractivity contribution is 9.10. The van der Waals surface area contributed by atoms with E-state index in [1.165, 1.54) is 18.4 Å². The number of aryl methyl sites for hydroxylation is 1. The smallest absolute Gasteiger partial charge is 0.262 e. The van der Waals surface area contributed by atoms with E-state index >= 15 is 0 Å². The first-order chi connectivity index (χ1) is 14.4. The van der Waals surface area contributed by atoms with Crippen LogP contribution >= 0.6 is 27.3 Å². The monoisotopic (exact) mass is 489 g/mol. The van der Waals surface area contributed by atoms with Gasteiger partial charge in [0.15, 0.2) is 18.1 Å². The molecule has 0 aliphatic heterocycles. The maximum absolute atomic E-state index is 12.2. The summed E-state index contributed by atoms with van der Waals surface area (Å²) in [4.78, 5) is 16.3. The summed E-state index contributed by atoms with van der Waals surface area (Å²) in [6.45, 7) is 1.82. The number of rotatable bonds is 8. The van der Waals surface area contributed by atoms with Crippen molar-refractivity contribution in [3.8, 4) is 11.5 Å². The molecule has 0 spiro atoms. The lowest BCUT2D eigenvalue weighted by molar-refractivity contribution is -0.118. The quantitative estimate of drug-likeness (QED) is 0.321. The lowest BCUT2D eigenvalue weighted by atomic mass is 10.2. The first kappa shape index (κ1) is 21.6. The zero-order chi connectivity index (χ0) is 21.5. The number of anilines is 3. The predicted octanol–water partition coefficient (Wildman–Crippen LogP) is 4.27. The van der Waals surface area contributed by atoms with Crippen LogP contribution in [0.15, 0.2) is 51.4 Å². The minimum Gasteiger partial charge on any atom is -0.493 e. The molecule has 1 aromatic heterocycles. The number of thiazole rings is 1. The van der Waals surface area contributed by atoms with Crippen LogP contribution in [0.25, 0.3) is 0 Å².